The van der Waals surface area contributed by atoms with Gasteiger partial charge >= 0.3 is 0 Å². The fourth-order valence-electron chi connectivity index (χ4n) is 2.69. The first-order valence-electron chi connectivity index (χ1n) is 8.23. The van der Waals surface area contributed by atoms with Crippen molar-refractivity contribution in [2.24, 2.45) is 0 Å². The van der Waals surface area contributed by atoms with Crippen LogP contribution in [0.1, 0.15) is 15.9 Å². The monoisotopic (exact) mass is 365 g/mol. The molecule has 0 aliphatic heterocycles. The van der Waals surface area contributed by atoms with Crippen molar-refractivity contribution in [1.82, 2.24) is 9.55 Å². The van der Waals surface area contributed by atoms with E-state index in [4.69, 9.17) is 0 Å². The van der Waals surface area contributed by atoms with E-state index in [2.05, 4.69) is 10.3 Å². The van der Waals surface area contributed by atoms with Gasteiger partial charge in [0.05, 0.1) is 11.3 Å². The minimum absolute atomic E-state index is 0.166. The lowest BCUT2D eigenvalue weighted by atomic mass is 10.1. The zero-order valence-corrected chi connectivity index (χ0v) is 15.2. The van der Waals surface area contributed by atoms with Gasteiger partial charge in [0.15, 0.2) is 0 Å². The molecule has 0 radical (unpaired) electrons. The molecule has 0 aliphatic rings. The molecule has 0 unspecified atom stereocenters. The van der Waals surface area contributed by atoms with E-state index in [0.29, 0.717) is 11.4 Å². The highest BCUT2D eigenvalue weighted by atomic mass is 16.6. The first-order chi connectivity index (χ1) is 12.9. The molecule has 3 rings (SSSR count). The lowest BCUT2D eigenvalue weighted by Gasteiger charge is -2.15. The number of nitro groups is 1. The minimum atomic E-state index is -0.511. The van der Waals surface area contributed by atoms with E-state index in [0.717, 1.165) is 11.3 Å². The van der Waals surface area contributed by atoms with E-state index in [9.17, 15) is 14.9 Å². The van der Waals surface area contributed by atoms with Crippen molar-refractivity contribution in [1.29, 1.82) is 0 Å². The van der Waals surface area contributed by atoms with E-state index >= 15 is 0 Å². The summed E-state index contributed by atoms with van der Waals surface area (Å²) < 4.78 is 1.53. The molecule has 0 atom stereocenters. The molecule has 8 nitrogen and oxygen atoms in total. The van der Waals surface area contributed by atoms with Gasteiger partial charge in [0, 0.05) is 49.5 Å². The number of hydrogen-bond donors (Lipinski definition) is 1. The van der Waals surface area contributed by atoms with Crippen LogP contribution >= 0.6 is 0 Å². The lowest BCUT2D eigenvalue weighted by Crippen LogP contribution is -2.14. The van der Waals surface area contributed by atoms with Crippen LogP contribution in [0.25, 0.3) is 5.69 Å². The van der Waals surface area contributed by atoms with Crippen molar-refractivity contribution < 1.29 is 9.72 Å². The van der Waals surface area contributed by atoms with Crippen LogP contribution in [0.2, 0.25) is 0 Å². The molecule has 0 spiro atoms. The number of nitrogens with one attached hydrogen (secondary N) is 1. The Morgan fingerprint density at radius 1 is 1.22 bits per heavy atom. The van der Waals surface area contributed by atoms with Crippen LogP contribution in [0, 0.1) is 17.0 Å². The van der Waals surface area contributed by atoms with Gasteiger partial charge in [-0.3, -0.25) is 14.9 Å². The standard InChI is InChI=1S/C19H19N5O3/c1-13-10-15(22(2)3)5-6-16(13)21-19(25)14-4-7-17(18(11-14)24(26)27)23-9-8-20-12-23/h4-12H,1-3H3,(H,21,25). The molecule has 2 aromatic carbocycles. The molecule has 138 valence electrons. The number of anilines is 2. The molecule has 0 fully saturated rings. The second-order valence-electron chi connectivity index (χ2n) is 6.28. The normalized spacial score (nSPS) is 10.5. The van der Waals surface area contributed by atoms with Crippen molar-refractivity contribution >= 4 is 23.0 Å². The summed E-state index contributed by atoms with van der Waals surface area (Å²) in [6, 6.07) is 10.0. The smallest absolute Gasteiger partial charge is 0.294 e. The van der Waals surface area contributed by atoms with Crippen molar-refractivity contribution in [3.63, 3.8) is 0 Å². The third-order valence-corrected chi connectivity index (χ3v) is 4.19. The van der Waals surface area contributed by atoms with E-state index < -0.39 is 10.8 Å². The predicted octanol–water partition coefficient (Wildman–Crippen LogP) is 3.41. The van der Waals surface area contributed by atoms with Gasteiger partial charge in [-0.05, 0) is 42.8 Å². The molecule has 1 N–H and O–H groups in total. The number of imidazole rings is 1. The van der Waals surface area contributed by atoms with Gasteiger partial charge in [-0.25, -0.2) is 4.98 Å². The molecule has 3 aromatic rings. The van der Waals surface area contributed by atoms with Crippen LogP contribution in [0.4, 0.5) is 17.1 Å². The number of nitrogens with zero attached hydrogens (tertiary/aromatic N) is 4. The van der Waals surface area contributed by atoms with E-state index in [1.54, 1.807) is 12.3 Å². The Labute approximate surface area is 156 Å². The summed E-state index contributed by atoms with van der Waals surface area (Å²) in [5.41, 5.74) is 2.97. The lowest BCUT2D eigenvalue weighted by molar-refractivity contribution is -0.384. The van der Waals surface area contributed by atoms with Gasteiger partial charge in [-0.1, -0.05) is 0 Å². The maximum atomic E-state index is 12.6. The van der Waals surface area contributed by atoms with E-state index in [1.807, 2.05) is 44.1 Å². The summed E-state index contributed by atoms with van der Waals surface area (Å²) in [5.74, 6) is -0.406. The molecule has 1 amide bonds. The van der Waals surface area contributed by atoms with Crippen LogP contribution < -0.4 is 10.2 Å². The second-order valence-corrected chi connectivity index (χ2v) is 6.28. The summed E-state index contributed by atoms with van der Waals surface area (Å²) in [6.45, 7) is 1.90. The number of hydrogen-bond acceptors (Lipinski definition) is 5. The third-order valence-electron chi connectivity index (χ3n) is 4.19. The Morgan fingerprint density at radius 2 is 2.00 bits per heavy atom. The second kappa shape index (κ2) is 7.28. The summed E-state index contributed by atoms with van der Waals surface area (Å²) in [6.07, 6.45) is 4.61. The number of aromatic nitrogens is 2. The van der Waals surface area contributed by atoms with Crippen molar-refractivity contribution in [2.45, 2.75) is 6.92 Å². The number of carbonyl (C=O) groups is 1. The number of nitro benzene ring substituents is 1. The third kappa shape index (κ3) is 3.79. The van der Waals surface area contributed by atoms with Crippen LogP contribution in [-0.4, -0.2) is 34.5 Å². The number of amides is 1. The zero-order chi connectivity index (χ0) is 19.6. The highest BCUT2D eigenvalue weighted by molar-refractivity contribution is 6.05. The molecular formula is C19H19N5O3. The molecule has 27 heavy (non-hydrogen) atoms. The number of benzene rings is 2. The molecule has 0 saturated heterocycles. The maximum absolute atomic E-state index is 12.6. The van der Waals surface area contributed by atoms with Gasteiger partial charge < -0.3 is 14.8 Å². The summed E-state index contributed by atoms with van der Waals surface area (Å²) in [4.78, 5) is 29.4. The van der Waals surface area contributed by atoms with Crippen molar-refractivity contribution in [3.8, 4) is 5.69 Å². The Hall–Kier alpha value is -3.68. The summed E-state index contributed by atoms with van der Waals surface area (Å²) >= 11 is 0. The van der Waals surface area contributed by atoms with Gasteiger partial charge in [-0.2, -0.15) is 0 Å². The largest absolute Gasteiger partial charge is 0.378 e. The average molecular weight is 365 g/mol. The van der Waals surface area contributed by atoms with E-state index in [-0.39, 0.29) is 11.3 Å². The maximum Gasteiger partial charge on any atom is 0.294 e. The summed E-state index contributed by atoms with van der Waals surface area (Å²) in [7, 11) is 3.88. The quantitative estimate of drug-likeness (QED) is 0.552. The zero-order valence-electron chi connectivity index (χ0n) is 15.2. The van der Waals surface area contributed by atoms with Crippen molar-refractivity contribution in [2.75, 3.05) is 24.3 Å². The minimum Gasteiger partial charge on any atom is -0.378 e. The average Bonchev–Trinajstić information content (AvgIpc) is 3.17. The number of rotatable bonds is 5. The van der Waals surface area contributed by atoms with Gasteiger partial charge in [0.25, 0.3) is 11.6 Å². The van der Waals surface area contributed by atoms with Crippen LogP contribution in [0.5, 0.6) is 0 Å². The van der Waals surface area contributed by atoms with Gasteiger partial charge in [-0.15, -0.1) is 0 Å². The van der Waals surface area contributed by atoms with Crippen LogP contribution in [0.3, 0.4) is 0 Å². The highest BCUT2D eigenvalue weighted by Crippen LogP contribution is 2.26. The molecule has 8 heteroatoms. The molecule has 0 aliphatic carbocycles. The Bertz CT molecular complexity index is 997. The van der Waals surface area contributed by atoms with Crippen molar-refractivity contribution in [3.05, 3.63) is 76.4 Å². The first-order valence-corrected chi connectivity index (χ1v) is 8.23. The fraction of sp³-hybridized carbons (Fsp3) is 0.158. The van der Waals surface area contributed by atoms with Crippen LogP contribution in [-0.2, 0) is 0 Å². The van der Waals surface area contributed by atoms with Gasteiger partial charge in [0.1, 0.15) is 5.69 Å². The molecule has 1 aromatic heterocycles. The van der Waals surface area contributed by atoms with E-state index in [1.165, 1.54) is 29.2 Å². The number of aryl methyl sites for hydroxylation is 1. The highest BCUT2D eigenvalue weighted by Gasteiger charge is 2.19. The predicted molar refractivity (Wildman–Crippen MR) is 104 cm³/mol. The molecular weight excluding hydrogens is 346 g/mol. The van der Waals surface area contributed by atoms with Gasteiger partial charge in [0.2, 0.25) is 0 Å². The molecule has 0 bridgehead atoms. The van der Waals surface area contributed by atoms with Crippen LogP contribution in [0.15, 0.2) is 55.1 Å². The summed E-state index contributed by atoms with van der Waals surface area (Å²) in [5, 5.41) is 14.3. The first kappa shape index (κ1) is 18.1. The Kier molecular flexibility index (Phi) is 4.89. The topological polar surface area (TPSA) is 93.3 Å². The SMILES string of the molecule is Cc1cc(N(C)C)ccc1NC(=O)c1ccc(-n2ccnc2)c([N+](=O)[O-])c1. The molecule has 1 heterocycles. The molecule has 0 saturated carbocycles. The Balaban J connectivity index is 1.89. The fourth-order valence-corrected chi connectivity index (χ4v) is 2.69. The number of carbonyl (C=O) groups excluding carboxylic acids is 1. The Morgan fingerprint density at radius 3 is 2.59 bits per heavy atom.